The quantitative estimate of drug-likeness (QED) is 0.439. The Morgan fingerprint density at radius 2 is 1.65 bits per heavy atom. The average Bonchev–Trinajstić information content (AvgIpc) is 2.55. The Balaban J connectivity index is 2.08. The zero-order valence-electron chi connectivity index (χ0n) is 11.7. The van der Waals surface area contributed by atoms with Crippen LogP contribution in [-0.4, -0.2) is 18.3 Å². The number of benzene rings is 2. The highest BCUT2D eigenvalue weighted by molar-refractivity contribution is 6.06. The van der Waals surface area contributed by atoms with Crippen LogP contribution in [0.4, 0.5) is 15.8 Å². The zero-order valence-corrected chi connectivity index (χ0v) is 11.7. The van der Waals surface area contributed by atoms with E-state index < -0.39 is 17.6 Å². The van der Waals surface area contributed by atoms with E-state index in [2.05, 4.69) is 10.2 Å². The number of anilines is 2. The Hall–Kier alpha value is -3.42. The minimum absolute atomic E-state index is 0.0762. The number of carbonyl (C=O) groups excluding carboxylic acids is 3. The van der Waals surface area contributed by atoms with Gasteiger partial charge in [0.05, 0.1) is 11.4 Å². The molecule has 0 aliphatic heterocycles. The number of carbonyl (C=O) groups is 3. The summed E-state index contributed by atoms with van der Waals surface area (Å²) in [7, 11) is 0. The first-order valence-corrected chi connectivity index (χ1v) is 6.37. The average molecular weight is 317 g/mol. The van der Waals surface area contributed by atoms with Gasteiger partial charge in [-0.2, -0.15) is 5.48 Å². The van der Waals surface area contributed by atoms with Gasteiger partial charge in [0.2, 0.25) is 0 Å². The third-order valence-electron chi connectivity index (χ3n) is 2.87. The Morgan fingerprint density at radius 3 is 2.22 bits per heavy atom. The number of hydrogen-bond acceptors (Lipinski definition) is 5. The summed E-state index contributed by atoms with van der Waals surface area (Å²) in [4.78, 5) is 37.7. The van der Waals surface area contributed by atoms with Crippen LogP contribution in [0.25, 0.3) is 0 Å². The van der Waals surface area contributed by atoms with E-state index in [0.717, 1.165) is 6.07 Å². The number of nitrogen functional groups attached to an aromatic ring is 1. The molecule has 0 bridgehead atoms. The molecule has 4 N–H and O–H groups in total. The molecule has 2 aromatic carbocycles. The van der Waals surface area contributed by atoms with Crippen molar-refractivity contribution >= 4 is 29.7 Å². The van der Waals surface area contributed by atoms with E-state index in [4.69, 9.17) is 5.73 Å². The fourth-order valence-corrected chi connectivity index (χ4v) is 1.75. The summed E-state index contributed by atoms with van der Waals surface area (Å²) in [6.45, 7) is 0.0762. The van der Waals surface area contributed by atoms with E-state index in [9.17, 15) is 18.8 Å². The summed E-state index contributed by atoms with van der Waals surface area (Å²) >= 11 is 0. The van der Waals surface area contributed by atoms with E-state index in [1.54, 1.807) is 0 Å². The smallest absolute Gasteiger partial charge is 0.320 e. The van der Waals surface area contributed by atoms with Gasteiger partial charge in [-0.25, -0.2) is 4.39 Å². The Morgan fingerprint density at radius 1 is 1.04 bits per heavy atom. The molecule has 2 aromatic rings. The van der Waals surface area contributed by atoms with Crippen LogP contribution < -0.4 is 16.5 Å². The van der Waals surface area contributed by atoms with Crippen molar-refractivity contribution in [3.05, 3.63) is 59.4 Å². The van der Waals surface area contributed by atoms with Crippen molar-refractivity contribution in [3.8, 4) is 0 Å². The molecule has 0 aliphatic rings. The van der Waals surface area contributed by atoms with Crippen LogP contribution in [0, 0.1) is 5.82 Å². The van der Waals surface area contributed by atoms with E-state index >= 15 is 0 Å². The Labute approximate surface area is 130 Å². The minimum Gasteiger partial charge on any atom is -0.397 e. The minimum atomic E-state index is -0.633. The summed E-state index contributed by atoms with van der Waals surface area (Å²) in [6, 6.07) is 9.19. The first-order chi connectivity index (χ1) is 11.0. The molecule has 0 unspecified atom stereocenters. The van der Waals surface area contributed by atoms with Crippen molar-refractivity contribution in [1.29, 1.82) is 0 Å². The maximum Gasteiger partial charge on any atom is 0.320 e. The molecule has 0 spiro atoms. The van der Waals surface area contributed by atoms with Gasteiger partial charge >= 0.3 is 6.47 Å². The summed E-state index contributed by atoms with van der Waals surface area (Å²) in [5.74, 6) is -1.61. The van der Waals surface area contributed by atoms with Crippen molar-refractivity contribution < 1.29 is 23.6 Å². The molecule has 118 valence electrons. The molecule has 7 nitrogen and oxygen atoms in total. The molecule has 0 heterocycles. The normalized spacial score (nSPS) is 9.78. The third-order valence-corrected chi connectivity index (χ3v) is 2.87. The summed E-state index contributed by atoms with van der Waals surface area (Å²) in [6.07, 6.45) is 0. The summed E-state index contributed by atoms with van der Waals surface area (Å²) in [5.41, 5.74) is 8.34. The lowest BCUT2D eigenvalue weighted by molar-refractivity contribution is -0.133. The fraction of sp³-hybridized carbons (Fsp3) is 0. The number of hydroxylamine groups is 1. The highest BCUT2D eigenvalue weighted by Gasteiger charge is 2.11. The first-order valence-electron chi connectivity index (χ1n) is 6.37. The first kappa shape index (κ1) is 16.0. The molecule has 0 aliphatic carbocycles. The standard InChI is InChI=1S/C15H12FN3O4/c16-11-5-6-13(12(17)7-11)18-14(21)9-1-3-10(4-2-9)15(22)19-23-8-20/h1-8H,17H2,(H,18,21)(H,19,22). The number of nitrogens with one attached hydrogen (secondary N) is 2. The molecular weight excluding hydrogens is 305 g/mol. The molecule has 0 saturated heterocycles. The predicted octanol–water partition coefficient (Wildman–Crippen LogP) is 1.48. The molecule has 23 heavy (non-hydrogen) atoms. The summed E-state index contributed by atoms with van der Waals surface area (Å²) in [5, 5.41) is 2.53. The second kappa shape index (κ2) is 7.03. The molecule has 0 fully saturated rings. The lowest BCUT2D eigenvalue weighted by Gasteiger charge is -2.08. The van der Waals surface area contributed by atoms with Gasteiger partial charge in [0.1, 0.15) is 5.82 Å². The van der Waals surface area contributed by atoms with Crippen LogP contribution in [0.3, 0.4) is 0 Å². The van der Waals surface area contributed by atoms with Gasteiger partial charge < -0.3 is 15.9 Å². The van der Waals surface area contributed by atoms with Crippen molar-refractivity contribution in [3.63, 3.8) is 0 Å². The molecule has 8 heteroatoms. The highest BCUT2D eigenvalue weighted by Crippen LogP contribution is 2.20. The number of amides is 2. The molecule has 0 radical (unpaired) electrons. The van der Waals surface area contributed by atoms with Gasteiger partial charge in [0.15, 0.2) is 0 Å². The van der Waals surface area contributed by atoms with E-state index in [1.807, 2.05) is 5.48 Å². The van der Waals surface area contributed by atoms with Crippen molar-refractivity contribution in [1.82, 2.24) is 5.48 Å². The molecule has 2 amide bonds. The van der Waals surface area contributed by atoms with Crippen LogP contribution in [0.1, 0.15) is 20.7 Å². The van der Waals surface area contributed by atoms with Crippen LogP contribution >= 0.6 is 0 Å². The molecule has 0 aromatic heterocycles. The van der Waals surface area contributed by atoms with Gasteiger partial charge in [-0.3, -0.25) is 14.4 Å². The van der Waals surface area contributed by atoms with Crippen LogP contribution in [0.15, 0.2) is 42.5 Å². The van der Waals surface area contributed by atoms with Gasteiger partial charge in [0, 0.05) is 11.1 Å². The molecule has 0 atom stereocenters. The van der Waals surface area contributed by atoms with Crippen molar-refractivity contribution in [2.75, 3.05) is 11.1 Å². The topological polar surface area (TPSA) is 111 Å². The maximum atomic E-state index is 13.0. The van der Waals surface area contributed by atoms with Gasteiger partial charge in [-0.15, -0.1) is 0 Å². The highest BCUT2D eigenvalue weighted by atomic mass is 19.1. The number of nitrogens with two attached hydrogens (primary N) is 1. The third kappa shape index (κ3) is 4.03. The van der Waals surface area contributed by atoms with Crippen molar-refractivity contribution in [2.45, 2.75) is 0 Å². The van der Waals surface area contributed by atoms with Gasteiger partial charge in [-0.05, 0) is 42.5 Å². The second-order valence-corrected chi connectivity index (χ2v) is 4.41. The SMILES string of the molecule is Nc1cc(F)ccc1NC(=O)c1ccc(C(=O)NOC=O)cc1. The molecular formula is C15H12FN3O4. The maximum absolute atomic E-state index is 13.0. The molecule has 2 rings (SSSR count). The predicted molar refractivity (Wildman–Crippen MR) is 79.8 cm³/mol. The molecule has 0 saturated carbocycles. The monoisotopic (exact) mass is 317 g/mol. The number of rotatable bonds is 5. The van der Waals surface area contributed by atoms with Crippen LogP contribution in [0.5, 0.6) is 0 Å². The van der Waals surface area contributed by atoms with Gasteiger partial charge in [0.25, 0.3) is 11.8 Å². The Bertz CT molecular complexity index is 747. The fourth-order valence-electron chi connectivity index (χ4n) is 1.75. The van der Waals surface area contributed by atoms with E-state index in [0.29, 0.717) is 0 Å². The number of hydrogen-bond donors (Lipinski definition) is 3. The van der Waals surface area contributed by atoms with Gasteiger partial charge in [-0.1, -0.05) is 0 Å². The van der Waals surface area contributed by atoms with Crippen LogP contribution in [-0.2, 0) is 9.63 Å². The lowest BCUT2D eigenvalue weighted by Crippen LogP contribution is -2.23. The zero-order chi connectivity index (χ0) is 16.8. The summed E-state index contributed by atoms with van der Waals surface area (Å²) < 4.78 is 13.0. The second-order valence-electron chi connectivity index (χ2n) is 4.41. The van der Waals surface area contributed by atoms with Crippen molar-refractivity contribution in [2.24, 2.45) is 0 Å². The van der Waals surface area contributed by atoms with Crippen LogP contribution in [0.2, 0.25) is 0 Å². The largest absolute Gasteiger partial charge is 0.397 e. The lowest BCUT2D eigenvalue weighted by atomic mass is 10.1. The Kier molecular flexibility index (Phi) is 4.88. The van der Waals surface area contributed by atoms with E-state index in [-0.39, 0.29) is 29.0 Å². The van der Waals surface area contributed by atoms with E-state index in [1.165, 1.54) is 36.4 Å². The number of halogens is 1.